The van der Waals surface area contributed by atoms with Gasteiger partial charge < -0.3 is 9.47 Å². The molecular formula is C11H16O4S. The van der Waals surface area contributed by atoms with Gasteiger partial charge in [-0.25, -0.2) is 8.42 Å². The second-order valence-electron chi connectivity index (χ2n) is 3.61. The van der Waals surface area contributed by atoms with Gasteiger partial charge in [-0.3, -0.25) is 0 Å². The largest absolute Gasteiger partial charge is 0.496 e. The minimum atomic E-state index is -2.97. The fourth-order valence-electron chi connectivity index (χ4n) is 1.20. The molecule has 90 valence electrons. The smallest absolute Gasteiger partial charge is 0.150 e. The number of ether oxygens (including phenoxy) is 2. The number of aryl methyl sites for hydroxylation is 1. The van der Waals surface area contributed by atoms with Crippen molar-refractivity contribution >= 4 is 9.84 Å². The lowest BCUT2D eigenvalue weighted by Crippen LogP contribution is -2.12. The number of hydrogen-bond acceptors (Lipinski definition) is 4. The van der Waals surface area contributed by atoms with E-state index in [1.54, 1.807) is 19.2 Å². The molecule has 0 heterocycles. The summed E-state index contributed by atoms with van der Waals surface area (Å²) in [5, 5.41) is 0. The molecule has 0 aliphatic heterocycles. The summed E-state index contributed by atoms with van der Waals surface area (Å²) in [6.45, 7) is 2.09. The van der Waals surface area contributed by atoms with Gasteiger partial charge in [-0.2, -0.15) is 0 Å². The van der Waals surface area contributed by atoms with E-state index in [9.17, 15) is 8.42 Å². The zero-order valence-electron chi connectivity index (χ0n) is 9.69. The van der Waals surface area contributed by atoms with E-state index in [1.165, 1.54) is 6.26 Å². The Hall–Kier alpha value is -1.23. The lowest BCUT2D eigenvalue weighted by molar-refractivity contribution is 0.336. The second kappa shape index (κ2) is 5.21. The van der Waals surface area contributed by atoms with Crippen LogP contribution in [0.3, 0.4) is 0 Å². The molecule has 0 radical (unpaired) electrons. The number of benzene rings is 1. The van der Waals surface area contributed by atoms with Crippen molar-refractivity contribution in [1.82, 2.24) is 0 Å². The summed E-state index contributed by atoms with van der Waals surface area (Å²) in [5.74, 6) is 1.37. The molecule has 16 heavy (non-hydrogen) atoms. The number of methoxy groups -OCH3 is 1. The molecule has 0 amide bonds. The average Bonchev–Trinajstić information content (AvgIpc) is 2.18. The molecule has 0 aliphatic rings. The molecule has 0 saturated carbocycles. The van der Waals surface area contributed by atoms with Crippen LogP contribution in [0.4, 0.5) is 0 Å². The molecule has 4 nitrogen and oxygen atoms in total. The van der Waals surface area contributed by atoms with Crippen LogP contribution < -0.4 is 9.47 Å². The number of rotatable bonds is 5. The summed E-state index contributed by atoms with van der Waals surface area (Å²) >= 11 is 0. The number of hydrogen-bond donors (Lipinski definition) is 0. The van der Waals surface area contributed by atoms with Gasteiger partial charge in [0.2, 0.25) is 0 Å². The van der Waals surface area contributed by atoms with Gasteiger partial charge in [-0.1, -0.05) is 6.07 Å². The molecule has 0 saturated heterocycles. The van der Waals surface area contributed by atoms with Gasteiger partial charge in [0, 0.05) is 12.3 Å². The van der Waals surface area contributed by atoms with E-state index in [0.29, 0.717) is 5.75 Å². The highest BCUT2D eigenvalue weighted by Crippen LogP contribution is 2.23. The Bertz CT molecular complexity index is 451. The summed E-state index contributed by atoms with van der Waals surface area (Å²) in [4.78, 5) is 0. The van der Waals surface area contributed by atoms with Crippen molar-refractivity contribution in [2.24, 2.45) is 0 Å². The minimum Gasteiger partial charge on any atom is -0.496 e. The van der Waals surface area contributed by atoms with E-state index in [1.807, 2.05) is 13.0 Å². The first-order valence-corrected chi connectivity index (χ1v) is 6.93. The van der Waals surface area contributed by atoms with E-state index >= 15 is 0 Å². The van der Waals surface area contributed by atoms with Gasteiger partial charge in [0.05, 0.1) is 12.9 Å². The third-order valence-electron chi connectivity index (χ3n) is 2.10. The van der Waals surface area contributed by atoms with Crippen LogP contribution in [-0.2, 0) is 9.84 Å². The fraction of sp³-hybridized carbons (Fsp3) is 0.455. The van der Waals surface area contributed by atoms with Crippen molar-refractivity contribution in [2.45, 2.75) is 6.92 Å². The number of sulfone groups is 1. The first kappa shape index (κ1) is 12.8. The summed E-state index contributed by atoms with van der Waals surface area (Å²) in [6.07, 6.45) is 1.19. The fourth-order valence-corrected chi connectivity index (χ4v) is 1.59. The highest BCUT2D eigenvalue weighted by Gasteiger charge is 2.04. The Morgan fingerprint density at radius 1 is 1.31 bits per heavy atom. The topological polar surface area (TPSA) is 52.6 Å². The maximum Gasteiger partial charge on any atom is 0.150 e. The predicted molar refractivity (Wildman–Crippen MR) is 62.9 cm³/mol. The van der Waals surface area contributed by atoms with Crippen LogP contribution in [0.1, 0.15) is 5.56 Å². The summed E-state index contributed by atoms with van der Waals surface area (Å²) in [7, 11) is -1.39. The highest BCUT2D eigenvalue weighted by molar-refractivity contribution is 7.90. The molecule has 1 aromatic rings. The Balaban J connectivity index is 2.61. The zero-order chi connectivity index (χ0) is 12.2. The Kier molecular flexibility index (Phi) is 4.18. The van der Waals surface area contributed by atoms with E-state index in [-0.39, 0.29) is 12.4 Å². The Morgan fingerprint density at radius 3 is 2.56 bits per heavy atom. The van der Waals surface area contributed by atoms with Crippen molar-refractivity contribution in [2.75, 3.05) is 25.7 Å². The molecule has 0 atom stereocenters. The molecule has 5 heteroatoms. The van der Waals surface area contributed by atoms with Gasteiger partial charge in [0.15, 0.2) is 9.84 Å². The lowest BCUT2D eigenvalue weighted by atomic mass is 10.2. The Morgan fingerprint density at radius 2 is 2.00 bits per heavy atom. The molecule has 1 rings (SSSR count). The van der Waals surface area contributed by atoms with Gasteiger partial charge in [-0.05, 0) is 18.6 Å². The van der Waals surface area contributed by atoms with Crippen LogP contribution in [0, 0.1) is 6.92 Å². The average molecular weight is 244 g/mol. The van der Waals surface area contributed by atoms with Crippen molar-refractivity contribution in [1.29, 1.82) is 0 Å². The molecule has 0 unspecified atom stereocenters. The standard InChI is InChI=1S/C11H16O4S/c1-9-4-5-10(8-11(9)14-2)15-6-7-16(3,12)13/h4-5,8H,6-7H2,1-3H3. The molecule has 1 aromatic carbocycles. The van der Waals surface area contributed by atoms with E-state index < -0.39 is 9.84 Å². The molecular weight excluding hydrogens is 228 g/mol. The van der Waals surface area contributed by atoms with Crippen LogP contribution in [0.15, 0.2) is 18.2 Å². The maximum absolute atomic E-state index is 10.9. The minimum absolute atomic E-state index is 0.0171. The van der Waals surface area contributed by atoms with Gasteiger partial charge in [0.25, 0.3) is 0 Å². The Labute approximate surface area is 96.1 Å². The van der Waals surface area contributed by atoms with Crippen molar-refractivity contribution in [3.05, 3.63) is 23.8 Å². The van der Waals surface area contributed by atoms with Crippen LogP contribution in [0.5, 0.6) is 11.5 Å². The monoisotopic (exact) mass is 244 g/mol. The van der Waals surface area contributed by atoms with Crippen LogP contribution in [0.25, 0.3) is 0 Å². The zero-order valence-corrected chi connectivity index (χ0v) is 10.5. The highest BCUT2D eigenvalue weighted by atomic mass is 32.2. The molecule has 0 bridgehead atoms. The van der Waals surface area contributed by atoms with E-state index in [0.717, 1.165) is 11.3 Å². The quantitative estimate of drug-likeness (QED) is 0.786. The third-order valence-corrected chi connectivity index (χ3v) is 3.01. The SMILES string of the molecule is COc1cc(OCCS(C)(=O)=O)ccc1C. The van der Waals surface area contributed by atoms with Crippen LogP contribution in [-0.4, -0.2) is 34.1 Å². The van der Waals surface area contributed by atoms with Crippen molar-refractivity contribution in [3.63, 3.8) is 0 Å². The normalized spacial score (nSPS) is 11.2. The summed E-state index contributed by atoms with van der Waals surface area (Å²) < 4.78 is 32.2. The summed E-state index contributed by atoms with van der Waals surface area (Å²) in [5.41, 5.74) is 1.01. The molecule has 0 aromatic heterocycles. The van der Waals surface area contributed by atoms with Gasteiger partial charge >= 0.3 is 0 Å². The van der Waals surface area contributed by atoms with Gasteiger partial charge in [-0.15, -0.1) is 0 Å². The molecule has 0 spiro atoms. The van der Waals surface area contributed by atoms with Crippen LogP contribution in [0.2, 0.25) is 0 Å². The van der Waals surface area contributed by atoms with Gasteiger partial charge in [0.1, 0.15) is 18.1 Å². The second-order valence-corrected chi connectivity index (χ2v) is 5.87. The third kappa shape index (κ3) is 4.10. The predicted octanol–water partition coefficient (Wildman–Crippen LogP) is 1.43. The lowest BCUT2D eigenvalue weighted by Gasteiger charge is -2.09. The molecule has 0 aliphatic carbocycles. The first-order valence-electron chi connectivity index (χ1n) is 4.87. The van der Waals surface area contributed by atoms with Crippen molar-refractivity contribution < 1.29 is 17.9 Å². The van der Waals surface area contributed by atoms with E-state index in [4.69, 9.17) is 9.47 Å². The first-order chi connectivity index (χ1) is 7.42. The molecule has 0 fully saturated rings. The summed E-state index contributed by atoms with van der Waals surface area (Å²) in [6, 6.07) is 5.41. The van der Waals surface area contributed by atoms with Crippen LogP contribution >= 0.6 is 0 Å². The van der Waals surface area contributed by atoms with E-state index in [2.05, 4.69) is 0 Å². The molecule has 0 N–H and O–H groups in total. The maximum atomic E-state index is 10.9. The van der Waals surface area contributed by atoms with Crippen molar-refractivity contribution in [3.8, 4) is 11.5 Å².